The molecule has 1 N–H and O–H groups in total. The van der Waals surface area contributed by atoms with Gasteiger partial charge < -0.3 is 14.6 Å². The van der Waals surface area contributed by atoms with Crippen LogP contribution in [0.2, 0.25) is 0 Å². The second kappa shape index (κ2) is 6.79. The number of likely N-dealkylation sites (tertiary alicyclic amines) is 1. The number of rotatable bonds is 3. The van der Waals surface area contributed by atoms with Gasteiger partial charge in [-0.25, -0.2) is 4.98 Å². The van der Waals surface area contributed by atoms with E-state index < -0.39 is 0 Å². The normalized spacial score (nSPS) is 24.6. The molecule has 6 nitrogen and oxygen atoms in total. The van der Waals surface area contributed by atoms with Crippen LogP contribution < -0.4 is 0 Å². The highest BCUT2D eigenvalue weighted by atomic mass is 16.5. The molecule has 2 saturated heterocycles. The van der Waals surface area contributed by atoms with Gasteiger partial charge in [0.2, 0.25) is 5.91 Å². The molecule has 2 aliphatic heterocycles. The molecule has 0 unspecified atom stereocenters. The second-order valence-corrected chi connectivity index (χ2v) is 6.59. The fourth-order valence-corrected chi connectivity index (χ4v) is 3.23. The predicted molar refractivity (Wildman–Crippen MR) is 83.4 cm³/mol. The van der Waals surface area contributed by atoms with Crippen molar-refractivity contribution in [3.63, 3.8) is 0 Å². The zero-order chi connectivity index (χ0) is 15.5. The summed E-state index contributed by atoms with van der Waals surface area (Å²) in [6, 6.07) is -0.0846. The van der Waals surface area contributed by atoms with Crippen molar-refractivity contribution in [2.45, 2.75) is 32.7 Å². The first-order valence-corrected chi connectivity index (χ1v) is 8.24. The Morgan fingerprint density at radius 3 is 2.86 bits per heavy atom. The Morgan fingerprint density at radius 1 is 1.41 bits per heavy atom. The van der Waals surface area contributed by atoms with Crippen LogP contribution >= 0.6 is 0 Å². The first-order chi connectivity index (χ1) is 10.6. The lowest BCUT2D eigenvalue weighted by molar-refractivity contribution is -0.142. The van der Waals surface area contributed by atoms with Crippen LogP contribution in [0.25, 0.3) is 0 Å². The summed E-state index contributed by atoms with van der Waals surface area (Å²) >= 11 is 0. The fraction of sp³-hybridized carbons (Fsp3) is 0.750. The number of H-pyrrole nitrogens is 1. The van der Waals surface area contributed by atoms with Crippen LogP contribution in [0.4, 0.5) is 0 Å². The van der Waals surface area contributed by atoms with E-state index in [0.717, 1.165) is 30.5 Å². The Bertz CT molecular complexity index is 508. The molecule has 22 heavy (non-hydrogen) atoms. The minimum Gasteiger partial charge on any atom is -0.377 e. The molecule has 2 aliphatic rings. The van der Waals surface area contributed by atoms with Crippen molar-refractivity contribution in [2.24, 2.45) is 5.92 Å². The summed E-state index contributed by atoms with van der Waals surface area (Å²) in [6.07, 6.45) is 4.19. The third-order valence-electron chi connectivity index (χ3n) is 4.72. The van der Waals surface area contributed by atoms with Crippen molar-refractivity contribution in [3.05, 3.63) is 17.7 Å². The van der Waals surface area contributed by atoms with Gasteiger partial charge in [-0.3, -0.25) is 9.69 Å². The van der Waals surface area contributed by atoms with Crippen LogP contribution in [0.3, 0.4) is 0 Å². The molecule has 0 bridgehead atoms. The molecular weight excluding hydrogens is 280 g/mol. The van der Waals surface area contributed by atoms with Gasteiger partial charge in [0.05, 0.1) is 19.8 Å². The number of piperidine rings is 1. The molecule has 0 aliphatic carbocycles. The number of aryl methyl sites for hydroxylation is 1. The van der Waals surface area contributed by atoms with Crippen molar-refractivity contribution in [2.75, 3.05) is 39.4 Å². The zero-order valence-electron chi connectivity index (χ0n) is 13.5. The van der Waals surface area contributed by atoms with Gasteiger partial charge in [0.1, 0.15) is 11.9 Å². The molecule has 1 aromatic heterocycles. The van der Waals surface area contributed by atoms with Gasteiger partial charge in [0.15, 0.2) is 0 Å². The number of aromatic nitrogens is 2. The summed E-state index contributed by atoms with van der Waals surface area (Å²) < 4.78 is 5.56. The second-order valence-electron chi connectivity index (χ2n) is 6.59. The van der Waals surface area contributed by atoms with E-state index in [1.807, 2.05) is 11.8 Å². The maximum atomic E-state index is 12.7. The standard InChI is InChI=1S/C16H26N4O2/c1-12-3-5-19(6-4-12)10-15(21)20-7-8-22-11-14(20)16-17-9-13(2)18-16/h9,12,14H,3-8,10-11H2,1-2H3,(H,17,18)/t14-/m0/s1. The molecule has 1 atom stereocenters. The maximum Gasteiger partial charge on any atom is 0.237 e. The van der Waals surface area contributed by atoms with Crippen molar-refractivity contribution >= 4 is 5.91 Å². The van der Waals surface area contributed by atoms with E-state index in [0.29, 0.717) is 26.3 Å². The maximum absolute atomic E-state index is 12.7. The van der Waals surface area contributed by atoms with E-state index in [4.69, 9.17) is 4.74 Å². The quantitative estimate of drug-likeness (QED) is 0.916. The van der Waals surface area contributed by atoms with E-state index >= 15 is 0 Å². The van der Waals surface area contributed by atoms with E-state index in [2.05, 4.69) is 21.8 Å². The van der Waals surface area contributed by atoms with Crippen molar-refractivity contribution in [3.8, 4) is 0 Å². The number of hydrogen-bond donors (Lipinski definition) is 1. The predicted octanol–water partition coefficient (Wildman–Crippen LogP) is 1.35. The lowest BCUT2D eigenvalue weighted by atomic mass is 9.99. The SMILES string of the molecule is Cc1cnc([C@@H]2COCCN2C(=O)CN2CCC(C)CC2)[nH]1. The molecule has 122 valence electrons. The smallest absolute Gasteiger partial charge is 0.237 e. The third-order valence-corrected chi connectivity index (χ3v) is 4.72. The third kappa shape index (κ3) is 3.50. The largest absolute Gasteiger partial charge is 0.377 e. The Balaban J connectivity index is 1.64. The highest BCUT2D eigenvalue weighted by Gasteiger charge is 2.31. The Hall–Kier alpha value is -1.40. The molecule has 0 saturated carbocycles. The topological polar surface area (TPSA) is 61.5 Å². The summed E-state index contributed by atoms with van der Waals surface area (Å²) in [5.41, 5.74) is 1.01. The molecule has 6 heteroatoms. The molecular formula is C16H26N4O2. The fourth-order valence-electron chi connectivity index (χ4n) is 3.23. The molecule has 1 aromatic rings. The van der Waals surface area contributed by atoms with Gasteiger partial charge in [-0.2, -0.15) is 0 Å². The number of ether oxygens (including phenoxy) is 1. The Labute approximate surface area is 131 Å². The zero-order valence-corrected chi connectivity index (χ0v) is 13.5. The van der Waals surface area contributed by atoms with Crippen molar-refractivity contribution < 1.29 is 9.53 Å². The van der Waals surface area contributed by atoms with Crippen LogP contribution in [-0.4, -0.2) is 65.1 Å². The van der Waals surface area contributed by atoms with E-state index in [9.17, 15) is 4.79 Å². The number of amides is 1. The number of nitrogens with zero attached hydrogens (tertiary/aromatic N) is 3. The number of aromatic amines is 1. The van der Waals surface area contributed by atoms with Gasteiger partial charge in [-0.15, -0.1) is 0 Å². The van der Waals surface area contributed by atoms with E-state index in [1.165, 1.54) is 12.8 Å². The average Bonchev–Trinajstić information content (AvgIpc) is 2.96. The highest BCUT2D eigenvalue weighted by molar-refractivity contribution is 5.78. The minimum absolute atomic E-state index is 0.0846. The number of imidazole rings is 1. The van der Waals surface area contributed by atoms with Crippen LogP contribution in [0.5, 0.6) is 0 Å². The average molecular weight is 306 g/mol. The lowest BCUT2D eigenvalue weighted by Crippen LogP contribution is -2.49. The van der Waals surface area contributed by atoms with Crippen LogP contribution in [0.1, 0.15) is 37.3 Å². The molecule has 0 spiro atoms. The number of hydrogen-bond acceptors (Lipinski definition) is 4. The molecule has 2 fully saturated rings. The summed E-state index contributed by atoms with van der Waals surface area (Å²) in [5.74, 6) is 1.81. The number of morpholine rings is 1. The summed E-state index contributed by atoms with van der Waals surface area (Å²) in [4.78, 5) is 24.6. The minimum atomic E-state index is -0.0846. The number of carbonyl (C=O) groups excluding carboxylic acids is 1. The van der Waals surface area contributed by atoms with Crippen molar-refractivity contribution in [1.82, 2.24) is 19.8 Å². The number of nitrogens with one attached hydrogen (secondary N) is 1. The molecule has 3 rings (SSSR count). The van der Waals surface area contributed by atoms with Gasteiger partial charge in [0, 0.05) is 18.4 Å². The van der Waals surface area contributed by atoms with Gasteiger partial charge >= 0.3 is 0 Å². The Kier molecular flexibility index (Phi) is 4.78. The van der Waals surface area contributed by atoms with E-state index in [-0.39, 0.29) is 11.9 Å². The summed E-state index contributed by atoms with van der Waals surface area (Å²) in [7, 11) is 0. The van der Waals surface area contributed by atoms with Crippen LogP contribution in [0, 0.1) is 12.8 Å². The van der Waals surface area contributed by atoms with Gasteiger partial charge in [-0.1, -0.05) is 6.92 Å². The van der Waals surface area contributed by atoms with Gasteiger partial charge in [-0.05, 0) is 38.8 Å². The first kappa shape index (κ1) is 15.5. The van der Waals surface area contributed by atoms with Crippen LogP contribution in [-0.2, 0) is 9.53 Å². The monoisotopic (exact) mass is 306 g/mol. The highest BCUT2D eigenvalue weighted by Crippen LogP contribution is 2.23. The summed E-state index contributed by atoms with van der Waals surface area (Å²) in [6.45, 7) is 8.62. The Morgan fingerprint density at radius 2 is 2.18 bits per heavy atom. The molecule has 3 heterocycles. The molecule has 0 radical (unpaired) electrons. The van der Waals surface area contributed by atoms with Crippen molar-refractivity contribution in [1.29, 1.82) is 0 Å². The van der Waals surface area contributed by atoms with E-state index in [1.54, 1.807) is 6.20 Å². The van der Waals surface area contributed by atoms with Gasteiger partial charge in [0.25, 0.3) is 0 Å². The molecule has 1 amide bonds. The summed E-state index contributed by atoms with van der Waals surface area (Å²) in [5, 5.41) is 0. The molecule has 0 aromatic carbocycles. The lowest BCUT2D eigenvalue weighted by Gasteiger charge is -2.37. The first-order valence-electron chi connectivity index (χ1n) is 8.24. The van der Waals surface area contributed by atoms with Crippen LogP contribution in [0.15, 0.2) is 6.20 Å². The number of carbonyl (C=O) groups is 1.